The average Bonchev–Trinajstić information content (AvgIpc) is 2.61. The number of nitrogens with zero attached hydrogens (tertiary/aromatic N) is 4. The molecule has 1 rings (SSSR count). The van der Waals surface area contributed by atoms with Gasteiger partial charge in [-0.15, -0.1) is 0 Å². The van der Waals surface area contributed by atoms with Crippen LogP contribution in [0.4, 0.5) is 5.69 Å². The highest BCUT2D eigenvalue weighted by atomic mass is 16.6. The first-order valence-electron chi connectivity index (χ1n) is 3.83. The Morgan fingerprint density at radius 2 is 2.47 bits per heavy atom. The lowest BCUT2D eigenvalue weighted by molar-refractivity contribution is -0.385. The summed E-state index contributed by atoms with van der Waals surface area (Å²) in [4.78, 5) is 20.2. The number of nitro groups is 1. The second-order valence-corrected chi connectivity index (χ2v) is 2.71. The number of aromatic nitrogens is 2. The van der Waals surface area contributed by atoms with Crippen molar-refractivity contribution in [3.8, 4) is 6.07 Å². The number of hydrogen-bond donors (Lipinski definition) is 1. The highest BCUT2D eigenvalue weighted by Gasteiger charge is 2.26. The van der Waals surface area contributed by atoms with Gasteiger partial charge in [-0.3, -0.25) is 10.1 Å². The van der Waals surface area contributed by atoms with E-state index < -0.39 is 28.3 Å². The first-order valence-corrected chi connectivity index (χ1v) is 3.83. The normalized spacial score (nSPS) is 11.7. The lowest BCUT2D eigenvalue weighted by Gasteiger charge is -1.98. The SMILES string of the molecule is CC(C#N)n1cc([N+](=O)[O-])c(C(=O)O)n1. The third-order valence-electron chi connectivity index (χ3n) is 1.70. The summed E-state index contributed by atoms with van der Waals surface area (Å²) in [7, 11) is 0. The Kier molecular flexibility index (Phi) is 2.66. The molecule has 78 valence electrons. The van der Waals surface area contributed by atoms with Crippen LogP contribution >= 0.6 is 0 Å². The number of carbonyl (C=O) groups is 1. The maximum absolute atomic E-state index is 10.6. The van der Waals surface area contributed by atoms with Crippen LogP contribution < -0.4 is 0 Å². The summed E-state index contributed by atoms with van der Waals surface area (Å²) in [5.41, 5.74) is -1.29. The minimum absolute atomic E-state index is 0.621. The molecule has 1 unspecified atom stereocenters. The van der Waals surface area contributed by atoms with Crippen molar-refractivity contribution in [1.82, 2.24) is 9.78 Å². The molecule has 1 aromatic rings. The largest absolute Gasteiger partial charge is 0.476 e. The summed E-state index contributed by atoms with van der Waals surface area (Å²) >= 11 is 0. The lowest BCUT2D eigenvalue weighted by Crippen LogP contribution is -2.06. The summed E-state index contributed by atoms with van der Waals surface area (Å²) in [6.45, 7) is 1.45. The summed E-state index contributed by atoms with van der Waals surface area (Å²) in [5, 5.41) is 31.1. The average molecular weight is 210 g/mol. The van der Waals surface area contributed by atoms with Crippen molar-refractivity contribution >= 4 is 11.7 Å². The molecule has 1 aromatic heterocycles. The van der Waals surface area contributed by atoms with E-state index in [0.29, 0.717) is 0 Å². The quantitative estimate of drug-likeness (QED) is 0.574. The van der Waals surface area contributed by atoms with Gasteiger partial charge < -0.3 is 5.11 Å². The fraction of sp³-hybridized carbons (Fsp3) is 0.286. The van der Waals surface area contributed by atoms with Gasteiger partial charge in [0.1, 0.15) is 12.2 Å². The van der Waals surface area contributed by atoms with Crippen LogP contribution in [0.2, 0.25) is 0 Å². The second-order valence-electron chi connectivity index (χ2n) is 2.71. The predicted molar refractivity (Wildman–Crippen MR) is 46.2 cm³/mol. The van der Waals surface area contributed by atoms with Crippen molar-refractivity contribution < 1.29 is 14.8 Å². The first kappa shape index (κ1) is 10.6. The lowest BCUT2D eigenvalue weighted by atomic mass is 10.4. The Bertz CT molecular complexity index is 427. The molecule has 0 bridgehead atoms. The number of nitriles is 1. The van der Waals surface area contributed by atoms with Crippen molar-refractivity contribution in [3.63, 3.8) is 0 Å². The zero-order chi connectivity index (χ0) is 11.6. The van der Waals surface area contributed by atoms with E-state index >= 15 is 0 Å². The molecule has 0 saturated carbocycles. The Labute approximate surface area is 83.5 Å². The van der Waals surface area contributed by atoms with Gasteiger partial charge in [-0.1, -0.05) is 0 Å². The van der Waals surface area contributed by atoms with Crippen LogP contribution in [0.3, 0.4) is 0 Å². The van der Waals surface area contributed by atoms with Gasteiger partial charge in [0.05, 0.1) is 11.0 Å². The Balaban J connectivity index is 3.28. The maximum Gasteiger partial charge on any atom is 0.363 e. The number of rotatable bonds is 3. The molecule has 0 aliphatic rings. The van der Waals surface area contributed by atoms with Crippen LogP contribution in [0.1, 0.15) is 23.5 Å². The number of carboxylic acids is 1. The molecule has 1 atom stereocenters. The molecule has 0 radical (unpaired) electrons. The summed E-state index contributed by atoms with van der Waals surface area (Å²) in [6.07, 6.45) is 0.928. The van der Waals surface area contributed by atoms with Gasteiger partial charge in [0.25, 0.3) is 0 Å². The van der Waals surface area contributed by atoms with E-state index in [9.17, 15) is 14.9 Å². The summed E-state index contributed by atoms with van der Waals surface area (Å²) < 4.78 is 0.946. The van der Waals surface area contributed by atoms with E-state index in [-0.39, 0.29) is 0 Å². The zero-order valence-corrected chi connectivity index (χ0v) is 7.62. The molecule has 1 N–H and O–H groups in total. The molecule has 0 aliphatic carbocycles. The molecule has 8 nitrogen and oxygen atoms in total. The molecule has 0 spiro atoms. The van der Waals surface area contributed by atoms with Gasteiger partial charge in [0.2, 0.25) is 5.69 Å². The van der Waals surface area contributed by atoms with Crippen molar-refractivity contribution in [2.75, 3.05) is 0 Å². The van der Waals surface area contributed by atoms with Crippen molar-refractivity contribution in [2.45, 2.75) is 13.0 Å². The van der Waals surface area contributed by atoms with Crippen LogP contribution in [0, 0.1) is 21.4 Å². The van der Waals surface area contributed by atoms with Crippen LogP contribution in [0.25, 0.3) is 0 Å². The van der Waals surface area contributed by atoms with Gasteiger partial charge in [-0.25, -0.2) is 9.48 Å². The van der Waals surface area contributed by atoms with Crippen LogP contribution in [-0.4, -0.2) is 25.8 Å². The van der Waals surface area contributed by atoms with E-state index in [1.54, 1.807) is 6.07 Å². The molecule has 0 aliphatic heterocycles. The topological polar surface area (TPSA) is 122 Å². The monoisotopic (exact) mass is 210 g/mol. The number of carboxylic acid groups (broad SMARTS) is 1. The van der Waals surface area contributed by atoms with E-state index in [1.165, 1.54) is 6.92 Å². The third-order valence-corrected chi connectivity index (χ3v) is 1.70. The Hall–Kier alpha value is -2.43. The van der Waals surface area contributed by atoms with E-state index in [4.69, 9.17) is 10.4 Å². The molecule has 0 saturated heterocycles. The van der Waals surface area contributed by atoms with Gasteiger partial charge in [0.15, 0.2) is 0 Å². The van der Waals surface area contributed by atoms with E-state index in [0.717, 1.165) is 10.9 Å². The van der Waals surface area contributed by atoms with Crippen LogP contribution in [0.5, 0.6) is 0 Å². The van der Waals surface area contributed by atoms with Crippen molar-refractivity contribution in [2.24, 2.45) is 0 Å². The van der Waals surface area contributed by atoms with Gasteiger partial charge >= 0.3 is 11.7 Å². The molecule has 0 aromatic carbocycles. The fourth-order valence-corrected chi connectivity index (χ4v) is 0.925. The van der Waals surface area contributed by atoms with E-state index in [1.807, 2.05) is 0 Å². The summed E-state index contributed by atoms with van der Waals surface area (Å²) in [6, 6.07) is 1.03. The smallest absolute Gasteiger partial charge is 0.363 e. The van der Waals surface area contributed by atoms with Crippen LogP contribution in [-0.2, 0) is 0 Å². The fourth-order valence-electron chi connectivity index (χ4n) is 0.925. The van der Waals surface area contributed by atoms with E-state index in [2.05, 4.69) is 5.10 Å². The number of hydrogen-bond acceptors (Lipinski definition) is 5. The van der Waals surface area contributed by atoms with Crippen molar-refractivity contribution in [1.29, 1.82) is 5.26 Å². The zero-order valence-electron chi connectivity index (χ0n) is 7.62. The predicted octanol–water partition coefficient (Wildman–Crippen LogP) is 0.574. The third kappa shape index (κ3) is 1.91. The number of aromatic carboxylic acids is 1. The van der Waals surface area contributed by atoms with Gasteiger partial charge in [-0.05, 0) is 6.92 Å². The molecule has 0 amide bonds. The van der Waals surface area contributed by atoms with Crippen molar-refractivity contribution in [3.05, 3.63) is 22.0 Å². The molecule has 0 fully saturated rings. The molecule has 8 heteroatoms. The molecular weight excluding hydrogens is 204 g/mol. The molecule has 1 heterocycles. The highest BCUT2D eigenvalue weighted by molar-refractivity contribution is 5.89. The minimum atomic E-state index is -1.49. The molecule has 15 heavy (non-hydrogen) atoms. The standard InChI is InChI=1S/C7H6N4O4/c1-4(2-8)10-3-5(11(14)15)6(9-10)7(12)13/h3-4H,1H3,(H,12,13). The van der Waals surface area contributed by atoms with Gasteiger partial charge in [0, 0.05) is 0 Å². The summed E-state index contributed by atoms with van der Waals surface area (Å²) in [5.74, 6) is -1.49. The molecular formula is C7H6N4O4. The van der Waals surface area contributed by atoms with Crippen LogP contribution in [0.15, 0.2) is 6.20 Å². The first-order chi connectivity index (χ1) is 6.97. The maximum atomic E-state index is 10.6. The minimum Gasteiger partial charge on any atom is -0.476 e. The second kappa shape index (κ2) is 3.75. The van der Waals surface area contributed by atoms with Gasteiger partial charge in [-0.2, -0.15) is 10.4 Å². The Morgan fingerprint density at radius 3 is 2.80 bits per heavy atom. The highest BCUT2D eigenvalue weighted by Crippen LogP contribution is 2.18. The Morgan fingerprint density at radius 1 is 1.87 bits per heavy atom.